The number of rotatable bonds is 8. The topological polar surface area (TPSA) is 122 Å². The van der Waals surface area contributed by atoms with Crippen molar-refractivity contribution >= 4 is 38.7 Å². The van der Waals surface area contributed by atoms with Crippen LogP contribution in [0.15, 0.2) is 47.4 Å². The first kappa shape index (κ1) is 22.7. The molecule has 0 unspecified atom stereocenters. The van der Waals surface area contributed by atoms with E-state index in [9.17, 15) is 23.3 Å². The molecule has 0 aliphatic carbocycles. The van der Waals surface area contributed by atoms with Crippen molar-refractivity contribution in [3.63, 3.8) is 0 Å². The Morgan fingerprint density at radius 2 is 1.71 bits per heavy atom. The van der Waals surface area contributed by atoms with Gasteiger partial charge in [-0.1, -0.05) is 13.8 Å². The molecule has 10 heteroatoms. The van der Waals surface area contributed by atoms with Gasteiger partial charge in [-0.2, -0.15) is 4.31 Å². The minimum Gasteiger partial charge on any atom is -0.350 e. The van der Waals surface area contributed by atoms with Crippen LogP contribution >= 0.6 is 0 Å². The summed E-state index contributed by atoms with van der Waals surface area (Å²) in [6.07, 6.45) is 1.99. The Kier molecular flexibility index (Phi) is 6.91. The van der Waals surface area contributed by atoms with Crippen molar-refractivity contribution in [3.8, 4) is 0 Å². The first-order valence-electron chi connectivity index (χ1n) is 10.1. The van der Waals surface area contributed by atoms with Gasteiger partial charge >= 0.3 is 0 Å². The maximum absolute atomic E-state index is 12.7. The molecule has 1 saturated heterocycles. The first-order valence-corrected chi connectivity index (χ1v) is 11.6. The van der Waals surface area contributed by atoms with E-state index < -0.39 is 14.9 Å². The van der Waals surface area contributed by atoms with Gasteiger partial charge in [0.1, 0.15) is 5.69 Å². The van der Waals surface area contributed by atoms with Gasteiger partial charge in [0.15, 0.2) is 0 Å². The van der Waals surface area contributed by atoms with Crippen LogP contribution in [-0.4, -0.2) is 36.6 Å². The lowest BCUT2D eigenvalue weighted by Gasteiger charge is -2.16. The molecule has 1 aliphatic heterocycles. The van der Waals surface area contributed by atoms with Crippen molar-refractivity contribution in [2.24, 2.45) is 5.92 Å². The molecule has 0 radical (unpaired) electrons. The highest BCUT2D eigenvalue weighted by molar-refractivity contribution is 7.89. The molecule has 0 saturated carbocycles. The lowest BCUT2D eigenvalue weighted by molar-refractivity contribution is -0.384. The summed E-state index contributed by atoms with van der Waals surface area (Å²) in [5.41, 5.74) is 1.05. The zero-order valence-electron chi connectivity index (χ0n) is 17.5. The fourth-order valence-electron chi connectivity index (χ4n) is 3.38. The van der Waals surface area contributed by atoms with Gasteiger partial charge in [0.2, 0.25) is 15.9 Å². The standard InChI is InChI=1S/C21H26N4O5S/c1-15(2)13-21(26)23-17-7-5-16(6-8-17)22-19-10-9-18(14-20(19)25(27)28)31(29,30)24-11-3-4-12-24/h5-10,14-15,22H,3-4,11-13H2,1-2H3,(H,23,26). The molecule has 31 heavy (non-hydrogen) atoms. The Morgan fingerprint density at radius 1 is 1.10 bits per heavy atom. The van der Waals surface area contributed by atoms with Crippen LogP contribution in [0.25, 0.3) is 0 Å². The molecular formula is C21H26N4O5S. The Morgan fingerprint density at radius 3 is 2.29 bits per heavy atom. The molecule has 0 atom stereocenters. The van der Waals surface area contributed by atoms with E-state index in [4.69, 9.17) is 0 Å². The second-order valence-electron chi connectivity index (χ2n) is 7.90. The molecular weight excluding hydrogens is 420 g/mol. The number of benzene rings is 2. The summed E-state index contributed by atoms with van der Waals surface area (Å²) in [4.78, 5) is 22.8. The van der Waals surface area contributed by atoms with Gasteiger partial charge in [-0.05, 0) is 55.2 Å². The lowest BCUT2D eigenvalue weighted by Crippen LogP contribution is -2.27. The van der Waals surface area contributed by atoms with Crippen LogP contribution in [0.5, 0.6) is 0 Å². The van der Waals surface area contributed by atoms with Gasteiger partial charge in [0.05, 0.1) is 9.82 Å². The van der Waals surface area contributed by atoms with Crippen molar-refractivity contribution in [1.29, 1.82) is 0 Å². The summed E-state index contributed by atoms with van der Waals surface area (Å²) < 4.78 is 26.8. The third-order valence-electron chi connectivity index (χ3n) is 4.91. The zero-order chi connectivity index (χ0) is 22.6. The number of carbonyl (C=O) groups excluding carboxylic acids is 1. The predicted molar refractivity (Wildman–Crippen MR) is 119 cm³/mol. The van der Waals surface area contributed by atoms with Gasteiger partial charge < -0.3 is 10.6 Å². The van der Waals surface area contributed by atoms with Crippen LogP contribution in [0, 0.1) is 16.0 Å². The molecule has 2 aromatic carbocycles. The van der Waals surface area contributed by atoms with Gasteiger partial charge in [-0.3, -0.25) is 14.9 Å². The molecule has 0 aromatic heterocycles. The number of carbonyl (C=O) groups is 1. The smallest absolute Gasteiger partial charge is 0.294 e. The first-order chi connectivity index (χ1) is 14.7. The second-order valence-corrected chi connectivity index (χ2v) is 9.83. The predicted octanol–water partition coefficient (Wildman–Crippen LogP) is 4.11. The number of sulfonamides is 1. The number of anilines is 3. The number of amides is 1. The number of nitro groups is 1. The third-order valence-corrected chi connectivity index (χ3v) is 6.80. The Hall–Kier alpha value is -2.98. The van der Waals surface area contributed by atoms with E-state index in [0.717, 1.165) is 18.9 Å². The van der Waals surface area contributed by atoms with Crippen molar-refractivity contribution in [3.05, 3.63) is 52.6 Å². The molecule has 1 heterocycles. The monoisotopic (exact) mass is 446 g/mol. The van der Waals surface area contributed by atoms with E-state index in [1.807, 2.05) is 13.8 Å². The second kappa shape index (κ2) is 9.44. The van der Waals surface area contributed by atoms with Crippen LogP contribution in [0.1, 0.15) is 33.1 Å². The number of nitrogens with one attached hydrogen (secondary N) is 2. The maximum Gasteiger partial charge on any atom is 0.294 e. The largest absolute Gasteiger partial charge is 0.350 e. The van der Waals surface area contributed by atoms with Crippen LogP contribution in [0.3, 0.4) is 0 Å². The van der Waals surface area contributed by atoms with Crippen molar-refractivity contribution in [1.82, 2.24) is 4.31 Å². The minimum absolute atomic E-state index is 0.0823. The third kappa shape index (κ3) is 5.59. The summed E-state index contributed by atoms with van der Waals surface area (Å²) in [7, 11) is -3.75. The lowest BCUT2D eigenvalue weighted by atomic mass is 10.1. The highest BCUT2D eigenvalue weighted by Gasteiger charge is 2.29. The van der Waals surface area contributed by atoms with E-state index >= 15 is 0 Å². The van der Waals surface area contributed by atoms with Crippen LogP contribution in [-0.2, 0) is 14.8 Å². The molecule has 1 fully saturated rings. The normalized spacial score (nSPS) is 14.5. The SMILES string of the molecule is CC(C)CC(=O)Nc1ccc(Nc2ccc(S(=O)(=O)N3CCCC3)cc2[N+](=O)[O-])cc1. The molecule has 0 spiro atoms. The Bertz CT molecular complexity index is 1060. The highest BCUT2D eigenvalue weighted by atomic mass is 32.2. The Balaban J connectivity index is 1.78. The highest BCUT2D eigenvalue weighted by Crippen LogP contribution is 2.32. The maximum atomic E-state index is 12.7. The average molecular weight is 447 g/mol. The summed E-state index contributed by atoms with van der Waals surface area (Å²) in [5, 5.41) is 17.3. The summed E-state index contributed by atoms with van der Waals surface area (Å²) >= 11 is 0. The average Bonchev–Trinajstić information content (AvgIpc) is 3.24. The van der Waals surface area contributed by atoms with Crippen LogP contribution < -0.4 is 10.6 Å². The van der Waals surface area contributed by atoms with E-state index in [-0.39, 0.29) is 28.1 Å². The molecule has 3 rings (SSSR count). The Labute approximate surface area is 181 Å². The number of nitrogens with zero attached hydrogens (tertiary/aromatic N) is 2. The molecule has 9 nitrogen and oxygen atoms in total. The summed E-state index contributed by atoms with van der Waals surface area (Å²) in [6.45, 7) is 4.77. The molecule has 2 N–H and O–H groups in total. The minimum atomic E-state index is -3.75. The number of hydrogen-bond donors (Lipinski definition) is 2. The van der Waals surface area contributed by atoms with E-state index in [0.29, 0.717) is 30.9 Å². The van der Waals surface area contributed by atoms with E-state index in [1.54, 1.807) is 24.3 Å². The van der Waals surface area contributed by atoms with Gasteiger partial charge in [-0.15, -0.1) is 0 Å². The molecule has 166 valence electrons. The van der Waals surface area contributed by atoms with E-state index in [2.05, 4.69) is 10.6 Å². The molecule has 1 amide bonds. The van der Waals surface area contributed by atoms with Crippen LogP contribution in [0.2, 0.25) is 0 Å². The molecule has 1 aliphatic rings. The fourth-order valence-corrected chi connectivity index (χ4v) is 4.92. The fraction of sp³-hybridized carbons (Fsp3) is 0.381. The number of nitro benzene ring substituents is 1. The number of hydrogen-bond acceptors (Lipinski definition) is 6. The van der Waals surface area contributed by atoms with Crippen LogP contribution in [0.4, 0.5) is 22.7 Å². The summed E-state index contributed by atoms with van der Waals surface area (Å²) in [5.74, 6) is 0.167. The van der Waals surface area contributed by atoms with E-state index in [1.165, 1.54) is 16.4 Å². The van der Waals surface area contributed by atoms with Crippen molar-refractivity contribution in [2.45, 2.75) is 38.0 Å². The van der Waals surface area contributed by atoms with Crippen molar-refractivity contribution in [2.75, 3.05) is 23.7 Å². The van der Waals surface area contributed by atoms with Gasteiger partial charge in [-0.25, -0.2) is 8.42 Å². The molecule has 0 bridgehead atoms. The van der Waals surface area contributed by atoms with Crippen molar-refractivity contribution < 1.29 is 18.1 Å². The zero-order valence-corrected chi connectivity index (χ0v) is 18.3. The summed E-state index contributed by atoms with van der Waals surface area (Å²) in [6, 6.07) is 10.6. The van der Waals surface area contributed by atoms with Gasteiger partial charge in [0.25, 0.3) is 5.69 Å². The quantitative estimate of drug-likeness (QED) is 0.465. The van der Waals surface area contributed by atoms with Gasteiger partial charge in [0, 0.05) is 37.0 Å². The molecule has 2 aromatic rings.